The van der Waals surface area contributed by atoms with Gasteiger partial charge in [-0.2, -0.15) is 5.10 Å². The van der Waals surface area contributed by atoms with E-state index in [1.54, 1.807) is 0 Å². The first-order valence-electron chi connectivity index (χ1n) is 8.47. The fourth-order valence-electron chi connectivity index (χ4n) is 4.81. The summed E-state index contributed by atoms with van der Waals surface area (Å²) in [5.41, 5.74) is 3.86. The van der Waals surface area contributed by atoms with Gasteiger partial charge in [-0.1, -0.05) is 20.8 Å². The minimum atomic E-state index is -0.385. The van der Waals surface area contributed by atoms with E-state index in [1.807, 2.05) is 0 Å². The monoisotopic (exact) mass is 317 g/mol. The minimum Gasteiger partial charge on any atom is -0.274 e. The van der Waals surface area contributed by atoms with Gasteiger partial charge in [0.05, 0.1) is 11.8 Å². The number of hydrazone groups is 1. The van der Waals surface area contributed by atoms with E-state index in [1.165, 1.54) is 6.42 Å². The van der Waals surface area contributed by atoms with E-state index < -0.39 is 0 Å². The zero-order valence-electron chi connectivity index (χ0n) is 13.9. The van der Waals surface area contributed by atoms with Gasteiger partial charge in [-0.15, -0.1) is 0 Å². The number of carbonyl (C=O) groups excluding carboxylic acids is 3. The number of fused-ring (bicyclic) bond motifs is 3. The van der Waals surface area contributed by atoms with Crippen LogP contribution < -0.4 is 5.43 Å². The predicted octanol–water partition coefficient (Wildman–Crippen LogP) is 1.31. The highest BCUT2D eigenvalue weighted by Gasteiger charge is 2.60. The normalized spacial score (nSPS) is 41.6. The first kappa shape index (κ1) is 14.8. The van der Waals surface area contributed by atoms with Crippen molar-refractivity contribution in [1.29, 1.82) is 0 Å². The smallest absolute Gasteiger partial charge is 0.260 e. The lowest BCUT2D eigenvalue weighted by Crippen LogP contribution is -2.41. The van der Waals surface area contributed by atoms with Crippen molar-refractivity contribution in [2.45, 2.75) is 46.5 Å². The number of amides is 3. The molecule has 3 saturated carbocycles. The highest BCUT2D eigenvalue weighted by molar-refractivity contribution is 6.10. The van der Waals surface area contributed by atoms with Crippen molar-refractivity contribution >= 4 is 23.4 Å². The molecule has 0 radical (unpaired) electrons. The van der Waals surface area contributed by atoms with Crippen molar-refractivity contribution in [3.05, 3.63) is 0 Å². The summed E-state index contributed by atoms with van der Waals surface area (Å²) in [4.78, 5) is 36.9. The molecule has 1 N–H and O–H groups in total. The van der Waals surface area contributed by atoms with Crippen LogP contribution in [0.5, 0.6) is 0 Å². The number of likely N-dealkylation sites (tertiary alicyclic amines) is 1. The molecular formula is C17H23N3O3. The molecule has 4 aliphatic rings. The molecule has 0 unspecified atom stereocenters. The van der Waals surface area contributed by atoms with E-state index in [4.69, 9.17) is 0 Å². The molecule has 1 heterocycles. The number of nitrogens with one attached hydrogen (secondary N) is 1. The van der Waals surface area contributed by atoms with Crippen LogP contribution in [0.2, 0.25) is 0 Å². The van der Waals surface area contributed by atoms with Gasteiger partial charge in [0.15, 0.2) is 0 Å². The molecule has 0 aromatic carbocycles. The lowest BCUT2D eigenvalue weighted by atomic mass is 9.70. The number of piperidine rings is 1. The van der Waals surface area contributed by atoms with E-state index >= 15 is 0 Å². The number of nitrogens with zero attached hydrogens (tertiary/aromatic N) is 2. The van der Waals surface area contributed by atoms with Gasteiger partial charge in [0.2, 0.25) is 11.8 Å². The third-order valence-corrected chi connectivity index (χ3v) is 7.09. The second-order valence-electron chi connectivity index (χ2n) is 8.30. The number of rotatable bonds is 3. The molecule has 4 fully saturated rings. The maximum absolute atomic E-state index is 12.1. The number of hydrogen-bond donors (Lipinski definition) is 1. The fourth-order valence-corrected chi connectivity index (χ4v) is 4.81. The van der Waals surface area contributed by atoms with Crippen molar-refractivity contribution in [1.82, 2.24) is 10.3 Å². The van der Waals surface area contributed by atoms with Gasteiger partial charge in [0.25, 0.3) is 5.91 Å². The first-order valence-corrected chi connectivity index (χ1v) is 8.47. The molecule has 0 aromatic heterocycles. The summed E-state index contributed by atoms with van der Waals surface area (Å²) in [7, 11) is 0. The van der Waals surface area contributed by atoms with E-state index in [2.05, 4.69) is 31.3 Å². The van der Waals surface area contributed by atoms with Gasteiger partial charge in [0, 0.05) is 11.1 Å². The van der Waals surface area contributed by atoms with Crippen LogP contribution in [0, 0.1) is 28.6 Å². The van der Waals surface area contributed by atoms with Crippen LogP contribution in [0.15, 0.2) is 5.10 Å². The van der Waals surface area contributed by atoms with Crippen molar-refractivity contribution in [2.24, 2.45) is 33.7 Å². The molecule has 6 heteroatoms. The molecule has 0 spiro atoms. The largest absolute Gasteiger partial charge is 0.274 e. The average molecular weight is 317 g/mol. The maximum Gasteiger partial charge on any atom is 0.260 e. The van der Waals surface area contributed by atoms with Gasteiger partial charge in [-0.25, -0.2) is 5.43 Å². The molecule has 4 rings (SSSR count). The highest BCUT2D eigenvalue weighted by atomic mass is 16.2. The van der Waals surface area contributed by atoms with Gasteiger partial charge in [-0.05, 0) is 37.0 Å². The van der Waals surface area contributed by atoms with Gasteiger partial charge in [-0.3, -0.25) is 19.3 Å². The van der Waals surface area contributed by atoms with E-state index in [0.717, 1.165) is 23.5 Å². The SMILES string of the molecule is CC1(C)[C@H]2CC[C@]1(C)/C(=N/NC(=O)CN1C(=O)[C@@H]3C[C@H]3C1=O)C2. The topological polar surface area (TPSA) is 78.8 Å². The Labute approximate surface area is 135 Å². The molecule has 1 saturated heterocycles. The molecular weight excluding hydrogens is 294 g/mol. The molecule has 6 nitrogen and oxygen atoms in total. The number of imide groups is 1. The van der Waals surface area contributed by atoms with Crippen LogP contribution in [0.1, 0.15) is 46.5 Å². The molecule has 1 aliphatic heterocycles. The minimum absolute atomic E-state index is 0.0336. The quantitative estimate of drug-likeness (QED) is 0.629. The van der Waals surface area contributed by atoms with Crippen molar-refractivity contribution in [3.63, 3.8) is 0 Å². The molecule has 23 heavy (non-hydrogen) atoms. The molecule has 3 amide bonds. The average Bonchev–Trinajstić information content (AvgIpc) is 3.18. The van der Waals surface area contributed by atoms with E-state index in [9.17, 15) is 14.4 Å². The summed E-state index contributed by atoms with van der Waals surface area (Å²) in [6.45, 7) is 6.59. The first-order chi connectivity index (χ1) is 10.8. The Morgan fingerprint density at radius 1 is 1.26 bits per heavy atom. The summed E-state index contributed by atoms with van der Waals surface area (Å²) in [5.74, 6) is -0.480. The third kappa shape index (κ3) is 1.86. The summed E-state index contributed by atoms with van der Waals surface area (Å²) >= 11 is 0. The Morgan fingerprint density at radius 2 is 1.91 bits per heavy atom. The zero-order chi connectivity index (χ0) is 16.6. The highest BCUT2D eigenvalue weighted by Crippen LogP contribution is 2.63. The van der Waals surface area contributed by atoms with Crippen LogP contribution in [0.4, 0.5) is 0 Å². The third-order valence-electron chi connectivity index (χ3n) is 7.09. The van der Waals surface area contributed by atoms with Crippen molar-refractivity contribution < 1.29 is 14.4 Å². The molecule has 124 valence electrons. The van der Waals surface area contributed by atoms with Crippen molar-refractivity contribution in [3.8, 4) is 0 Å². The van der Waals surface area contributed by atoms with Crippen LogP contribution in [-0.4, -0.2) is 34.9 Å². The summed E-state index contributed by atoms with van der Waals surface area (Å²) in [6, 6.07) is 0. The summed E-state index contributed by atoms with van der Waals surface area (Å²) in [5, 5.41) is 4.36. The Bertz CT molecular complexity index is 633. The Balaban J connectivity index is 1.41. The number of carbonyl (C=O) groups is 3. The lowest BCUT2D eigenvalue weighted by Gasteiger charge is -2.34. The Morgan fingerprint density at radius 3 is 2.43 bits per heavy atom. The fraction of sp³-hybridized carbons (Fsp3) is 0.765. The Hall–Kier alpha value is -1.72. The van der Waals surface area contributed by atoms with Gasteiger partial charge in [0.1, 0.15) is 6.54 Å². The van der Waals surface area contributed by atoms with Crippen LogP contribution in [0.25, 0.3) is 0 Å². The van der Waals surface area contributed by atoms with Gasteiger partial charge < -0.3 is 0 Å². The zero-order valence-corrected chi connectivity index (χ0v) is 13.9. The summed E-state index contributed by atoms with van der Waals surface area (Å²) in [6.07, 6.45) is 3.91. The Kier molecular flexibility index (Phi) is 2.86. The predicted molar refractivity (Wildman–Crippen MR) is 83.1 cm³/mol. The van der Waals surface area contributed by atoms with Gasteiger partial charge >= 0.3 is 0 Å². The number of hydrogen-bond acceptors (Lipinski definition) is 4. The van der Waals surface area contributed by atoms with Crippen molar-refractivity contribution in [2.75, 3.05) is 6.54 Å². The molecule has 2 bridgehead atoms. The second kappa shape index (κ2) is 4.42. The van der Waals surface area contributed by atoms with Crippen LogP contribution in [0.3, 0.4) is 0 Å². The summed E-state index contributed by atoms with van der Waals surface area (Å²) < 4.78 is 0. The van der Waals surface area contributed by atoms with E-state index in [-0.39, 0.29) is 46.9 Å². The maximum atomic E-state index is 12.1. The lowest BCUT2D eigenvalue weighted by molar-refractivity contribution is -0.144. The molecule has 3 aliphatic carbocycles. The van der Waals surface area contributed by atoms with Crippen LogP contribution in [-0.2, 0) is 14.4 Å². The second-order valence-corrected chi connectivity index (χ2v) is 8.30. The van der Waals surface area contributed by atoms with Crippen LogP contribution >= 0.6 is 0 Å². The molecule has 0 aromatic rings. The molecule has 4 atom stereocenters. The van der Waals surface area contributed by atoms with E-state index in [0.29, 0.717) is 12.3 Å². The standard InChI is InChI=1S/C17H23N3O3/c1-16(2)9-4-5-17(16,3)12(6-9)18-19-13(21)8-20-14(22)10-7-11(10)15(20)23/h9-11H,4-8H2,1-3H3,(H,19,21)/b18-12+/t9-,10+,11+,17+/m0/s1.